The summed E-state index contributed by atoms with van der Waals surface area (Å²) in [6.07, 6.45) is 11.8. The van der Waals surface area contributed by atoms with Gasteiger partial charge >= 0.3 is 0 Å². The molecule has 0 heterocycles. The maximum Gasteiger partial charge on any atom is 0.0602 e. The van der Waals surface area contributed by atoms with Crippen molar-refractivity contribution in [3.8, 4) is 0 Å². The standard InChI is InChI=1S/C26H47NO2/c1-17(7-6-14-27(4)5)21-10-11-22-20-9-8-18-15-19(28)12-13-25(18,2)23(20)16-24(29)26(21,22)3/h17-24,28-29H,6-16H2,1-5H3/t17-,18-,19-,20+,21-,22+,23+,24+,25+,26-/m1/s1. The van der Waals surface area contributed by atoms with E-state index in [-0.39, 0.29) is 17.6 Å². The first-order valence-corrected chi connectivity index (χ1v) is 12.7. The normalized spacial score (nSPS) is 50.7. The molecule has 4 aliphatic rings. The largest absolute Gasteiger partial charge is 0.393 e. The number of hydrogen-bond donors (Lipinski definition) is 2. The molecular weight excluding hydrogens is 358 g/mol. The van der Waals surface area contributed by atoms with Gasteiger partial charge in [0.1, 0.15) is 0 Å². The molecule has 0 saturated heterocycles. The summed E-state index contributed by atoms with van der Waals surface area (Å²) in [6, 6.07) is 0. The van der Waals surface area contributed by atoms with Crippen LogP contribution in [0.5, 0.6) is 0 Å². The molecule has 4 saturated carbocycles. The molecule has 0 bridgehead atoms. The van der Waals surface area contributed by atoms with Crippen LogP contribution in [-0.4, -0.2) is 48.0 Å². The average Bonchev–Trinajstić information content (AvgIpc) is 3.02. The minimum atomic E-state index is -0.139. The smallest absolute Gasteiger partial charge is 0.0602 e. The van der Waals surface area contributed by atoms with Crippen LogP contribution in [0.25, 0.3) is 0 Å². The summed E-state index contributed by atoms with van der Waals surface area (Å²) in [5, 5.41) is 21.9. The molecule has 4 fully saturated rings. The Morgan fingerprint density at radius 3 is 2.45 bits per heavy atom. The maximum absolute atomic E-state index is 11.6. The molecule has 0 unspecified atom stereocenters. The van der Waals surface area contributed by atoms with Gasteiger partial charge in [0, 0.05) is 0 Å². The highest BCUT2D eigenvalue weighted by atomic mass is 16.3. The quantitative estimate of drug-likeness (QED) is 0.680. The van der Waals surface area contributed by atoms with Crippen LogP contribution < -0.4 is 0 Å². The topological polar surface area (TPSA) is 43.7 Å². The first-order chi connectivity index (χ1) is 13.7. The Morgan fingerprint density at radius 2 is 1.72 bits per heavy atom. The van der Waals surface area contributed by atoms with Gasteiger partial charge in [-0.05, 0) is 131 Å². The lowest BCUT2D eigenvalue weighted by atomic mass is 9.43. The second kappa shape index (κ2) is 8.10. The summed E-state index contributed by atoms with van der Waals surface area (Å²) >= 11 is 0. The van der Waals surface area contributed by atoms with E-state index in [9.17, 15) is 10.2 Å². The number of rotatable bonds is 5. The van der Waals surface area contributed by atoms with Crippen molar-refractivity contribution in [3.63, 3.8) is 0 Å². The second-order valence-electron chi connectivity index (χ2n) is 12.3. The van der Waals surface area contributed by atoms with Gasteiger partial charge in [0.15, 0.2) is 0 Å². The van der Waals surface area contributed by atoms with E-state index in [0.717, 1.165) is 25.2 Å². The van der Waals surface area contributed by atoms with Crippen molar-refractivity contribution in [3.05, 3.63) is 0 Å². The fourth-order valence-electron chi connectivity index (χ4n) is 9.09. The predicted molar refractivity (Wildman–Crippen MR) is 120 cm³/mol. The minimum Gasteiger partial charge on any atom is -0.393 e. The molecule has 168 valence electrons. The van der Waals surface area contributed by atoms with Crippen LogP contribution in [0, 0.1) is 46.3 Å². The van der Waals surface area contributed by atoms with Crippen molar-refractivity contribution in [1.82, 2.24) is 4.90 Å². The minimum absolute atomic E-state index is 0.0812. The van der Waals surface area contributed by atoms with Crippen molar-refractivity contribution in [1.29, 1.82) is 0 Å². The zero-order valence-electron chi connectivity index (χ0n) is 19.7. The van der Waals surface area contributed by atoms with Gasteiger partial charge in [0.2, 0.25) is 0 Å². The van der Waals surface area contributed by atoms with Crippen molar-refractivity contribution >= 4 is 0 Å². The third-order valence-electron chi connectivity index (χ3n) is 10.8. The molecule has 0 radical (unpaired) electrons. The van der Waals surface area contributed by atoms with E-state index in [2.05, 4.69) is 39.8 Å². The van der Waals surface area contributed by atoms with Gasteiger partial charge in [0.05, 0.1) is 12.2 Å². The molecular formula is C26H47NO2. The number of aliphatic hydroxyl groups excluding tert-OH is 2. The van der Waals surface area contributed by atoms with E-state index in [4.69, 9.17) is 0 Å². The third-order valence-corrected chi connectivity index (χ3v) is 10.8. The Bertz CT molecular complexity index is 579. The number of fused-ring (bicyclic) bond motifs is 5. The van der Waals surface area contributed by atoms with Crippen molar-refractivity contribution < 1.29 is 10.2 Å². The molecule has 2 N–H and O–H groups in total. The van der Waals surface area contributed by atoms with Gasteiger partial charge in [0.25, 0.3) is 0 Å². The number of aliphatic hydroxyl groups is 2. The Balaban J connectivity index is 1.51. The molecule has 0 amide bonds. The van der Waals surface area contributed by atoms with Crippen molar-refractivity contribution in [2.45, 2.75) is 97.2 Å². The van der Waals surface area contributed by atoms with Crippen LogP contribution in [0.4, 0.5) is 0 Å². The fourth-order valence-corrected chi connectivity index (χ4v) is 9.09. The highest BCUT2D eigenvalue weighted by molar-refractivity contribution is 5.12. The first-order valence-electron chi connectivity index (χ1n) is 12.7. The third kappa shape index (κ3) is 3.61. The van der Waals surface area contributed by atoms with E-state index in [1.54, 1.807) is 0 Å². The molecule has 3 heteroatoms. The summed E-state index contributed by atoms with van der Waals surface area (Å²) in [7, 11) is 4.34. The zero-order chi connectivity index (χ0) is 21.0. The Kier molecular flexibility index (Phi) is 6.17. The Labute approximate surface area is 179 Å². The lowest BCUT2D eigenvalue weighted by molar-refractivity contribution is -0.174. The lowest BCUT2D eigenvalue weighted by Crippen LogP contribution is -2.58. The van der Waals surface area contributed by atoms with E-state index < -0.39 is 0 Å². The average molecular weight is 406 g/mol. The highest BCUT2D eigenvalue weighted by Crippen LogP contribution is 2.68. The first kappa shape index (κ1) is 22.1. The molecule has 4 aliphatic carbocycles. The Hall–Kier alpha value is -0.120. The van der Waals surface area contributed by atoms with Crippen LogP contribution in [-0.2, 0) is 0 Å². The monoisotopic (exact) mass is 405 g/mol. The van der Waals surface area contributed by atoms with Gasteiger partial charge in [-0.2, -0.15) is 0 Å². The number of nitrogens with zero attached hydrogens (tertiary/aromatic N) is 1. The highest BCUT2D eigenvalue weighted by Gasteiger charge is 2.63. The molecule has 29 heavy (non-hydrogen) atoms. The molecule has 10 atom stereocenters. The van der Waals surface area contributed by atoms with Gasteiger partial charge in [-0.1, -0.05) is 20.8 Å². The molecule has 3 nitrogen and oxygen atoms in total. The SMILES string of the molecule is C[C@H](CCCN(C)C)[C@H]1CC[C@H]2[C@@H]3CC[C@@H]4C[C@H](O)CC[C@]4(C)[C@H]3C[C@H](O)[C@]12C. The summed E-state index contributed by atoms with van der Waals surface area (Å²) in [4.78, 5) is 2.30. The molecule has 4 rings (SSSR count). The van der Waals surface area contributed by atoms with Gasteiger partial charge < -0.3 is 15.1 Å². The molecule has 0 aliphatic heterocycles. The van der Waals surface area contributed by atoms with Gasteiger partial charge in [-0.25, -0.2) is 0 Å². The van der Waals surface area contributed by atoms with Crippen LogP contribution in [0.2, 0.25) is 0 Å². The van der Waals surface area contributed by atoms with Crippen LogP contribution in [0.3, 0.4) is 0 Å². The zero-order valence-corrected chi connectivity index (χ0v) is 19.7. The summed E-state index contributed by atoms with van der Waals surface area (Å²) in [6.45, 7) is 8.63. The maximum atomic E-state index is 11.6. The molecule has 0 aromatic heterocycles. The van der Waals surface area contributed by atoms with Gasteiger partial charge in [-0.15, -0.1) is 0 Å². The molecule has 0 aromatic rings. The molecule has 0 aromatic carbocycles. The van der Waals surface area contributed by atoms with E-state index in [1.165, 1.54) is 51.5 Å². The van der Waals surface area contributed by atoms with Gasteiger partial charge in [-0.3, -0.25) is 0 Å². The van der Waals surface area contributed by atoms with Crippen LogP contribution in [0.1, 0.15) is 85.0 Å². The summed E-state index contributed by atoms with van der Waals surface area (Å²) in [5.41, 5.74) is 0.468. The van der Waals surface area contributed by atoms with E-state index in [0.29, 0.717) is 35.0 Å². The predicted octanol–water partition coefficient (Wildman–Crippen LogP) is 4.95. The summed E-state index contributed by atoms with van der Waals surface area (Å²) < 4.78 is 0. The van der Waals surface area contributed by atoms with E-state index >= 15 is 0 Å². The lowest BCUT2D eigenvalue weighted by Gasteiger charge is -2.62. The number of hydrogen-bond acceptors (Lipinski definition) is 3. The van der Waals surface area contributed by atoms with Crippen molar-refractivity contribution in [2.75, 3.05) is 20.6 Å². The fraction of sp³-hybridized carbons (Fsp3) is 1.00. The second-order valence-corrected chi connectivity index (χ2v) is 12.3. The van der Waals surface area contributed by atoms with Crippen molar-refractivity contribution in [2.24, 2.45) is 46.3 Å². The van der Waals surface area contributed by atoms with Crippen LogP contribution in [0.15, 0.2) is 0 Å². The van der Waals surface area contributed by atoms with E-state index in [1.807, 2.05) is 0 Å². The van der Waals surface area contributed by atoms with Crippen LogP contribution >= 0.6 is 0 Å². The molecule has 0 spiro atoms. The Morgan fingerprint density at radius 1 is 0.966 bits per heavy atom. The summed E-state index contributed by atoms with van der Waals surface area (Å²) in [5.74, 6) is 4.26.